The van der Waals surface area contributed by atoms with Gasteiger partial charge in [-0.05, 0) is 18.7 Å². The van der Waals surface area contributed by atoms with E-state index in [-0.39, 0.29) is 0 Å². The van der Waals surface area contributed by atoms with E-state index >= 15 is 0 Å². The third-order valence-corrected chi connectivity index (χ3v) is 3.53. The van der Waals surface area contributed by atoms with Crippen LogP contribution in [0.25, 0.3) is 0 Å². The van der Waals surface area contributed by atoms with E-state index in [1.165, 1.54) is 0 Å². The average molecular weight is 227 g/mol. The van der Waals surface area contributed by atoms with Crippen LogP contribution < -0.4 is 5.32 Å². The van der Waals surface area contributed by atoms with Crippen molar-refractivity contribution in [1.29, 1.82) is 0 Å². The van der Waals surface area contributed by atoms with Gasteiger partial charge >= 0.3 is 0 Å². The lowest BCUT2D eigenvalue weighted by molar-refractivity contribution is 0.0454. The second-order valence-corrected chi connectivity index (χ2v) is 4.91. The van der Waals surface area contributed by atoms with E-state index in [2.05, 4.69) is 24.4 Å². The van der Waals surface area contributed by atoms with E-state index in [4.69, 9.17) is 9.15 Å². The third-order valence-electron chi connectivity index (χ3n) is 2.34. The highest BCUT2D eigenvalue weighted by Crippen LogP contribution is 2.24. The smallest absolute Gasteiger partial charge is 0.117 e. The maximum Gasteiger partial charge on any atom is 0.117 e. The van der Waals surface area contributed by atoms with Crippen LogP contribution in [0.4, 0.5) is 0 Å². The van der Waals surface area contributed by atoms with Crippen LogP contribution in [-0.2, 0) is 17.0 Å². The molecule has 2 heterocycles. The average Bonchev–Trinajstić information content (AvgIpc) is 2.60. The fourth-order valence-electron chi connectivity index (χ4n) is 1.35. The molecule has 0 spiro atoms. The van der Waals surface area contributed by atoms with Gasteiger partial charge in [-0.2, -0.15) is 0 Å². The summed E-state index contributed by atoms with van der Waals surface area (Å²) in [6, 6.07) is 4.12. The molecule has 0 unspecified atom stereocenters. The fraction of sp³-hybridized carbons (Fsp3) is 0.636. The third kappa shape index (κ3) is 3.26. The normalized spacial score (nSPS) is 16.6. The molecule has 1 fully saturated rings. The predicted octanol–water partition coefficient (Wildman–Crippen LogP) is 2.02. The first-order chi connectivity index (χ1) is 7.38. The largest absolute Gasteiger partial charge is 0.464 e. The molecule has 84 valence electrons. The molecule has 1 saturated heterocycles. The highest BCUT2D eigenvalue weighted by Gasteiger charge is 2.19. The van der Waals surface area contributed by atoms with Crippen LogP contribution in [-0.4, -0.2) is 25.0 Å². The quantitative estimate of drug-likeness (QED) is 0.806. The van der Waals surface area contributed by atoms with Crippen LogP contribution in [0.15, 0.2) is 16.5 Å². The van der Waals surface area contributed by atoms with Gasteiger partial charge in [-0.25, -0.2) is 0 Å². The summed E-state index contributed by atoms with van der Waals surface area (Å²) in [5.74, 6) is 3.05. The molecule has 2 rings (SSSR count). The van der Waals surface area contributed by atoms with E-state index in [0.717, 1.165) is 43.6 Å². The highest BCUT2D eigenvalue weighted by molar-refractivity contribution is 7.99. The van der Waals surface area contributed by atoms with Crippen molar-refractivity contribution in [2.45, 2.75) is 24.5 Å². The summed E-state index contributed by atoms with van der Waals surface area (Å²) in [6.45, 7) is 5.69. The standard InChI is InChI=1S/C11H17NO2S/c1-2-12-5-9-3-4-10(14-9)8-15-11-6-13-7-11/h3-4,11-12H,2,5-8H2,1H3. The first-order valence-corrected chi connectivity index (χ1v) is 6.41. The minimum atomic E-state index is 0.673. The van der Waals surface area contributed by atoms with Crippen LogP contribution >= 0.6 is 11.8 Å². The molecule has 0 aliphatic carbocycles. The van der Waals surface area contributed by atoms with Crippen LogP contribution in [0.5, 0.6) is 0 Å². The van der Waals surface area contributed by atoms with E-state index in [1.54, 1.807) is 0 Å². The lowest BCUT2D eigenvalue weighted by Crippen LogP contribution is -2.30. The summed E-state index contributed by atoms with van der Waals surface area (Å²) in [5, 5.41) is 3.92. The van der Waals surface area contributed by atoms with Gasteiger partial charge in [0.05, 0.1) is 30.8 Å². The van der Waals surface area contributed by atoms with Crippen LogP contribution in [0.3, 0.4) is 0 Å². The van der Waals surface area contributed by atoms with Crippen molar-refractivity contribution in [3.8, 4) is 0 Å². The summed E-state index contributed by atoms with van der Waals surface area (Å²) in [5.41, 5.74) is 0. The van der Waals surface area contributed by atoms with Gasteiger partial charge in [0.1, 0.15) is 11.5 Å². The fourth-order valence-corrected chi connectivity index (χ4v) is 2.29. The number of thioether (sulfide) groups is 1. The molecule has 0 saturated carbocycles. The summed E-state index contributed by atoms with van der Waals surface area (Å²) in [6.07, 6.45) is 0. The van der Waals surface area contributed by atoms with Crippen molar-refractivity contribution >= 4 is 11.8 Å². The topological polar surface area (TPSA) is 34.4 Å². The molecule has 1 aliphatic heterocycles. The summed E-state index contributed by atoms with van der Waals surface area (Å²) >= 11 is 1.91. The molecule has 1 aliphatic rings. The molecule has 3 nitrogen and oxygen atoms in total. The Labute approximate surface area is 94.6 Å². The van der Waals surface area contributed by atoms with Gasteiger partial charge in [0.25, 0.3) is 0 Å². The zero-order valence-corrected chi connectivity index (χ0v) is 9.81. The predicted molar refractivity (Wildman–Crippen MR) is 62.0 cm³/mol. The molecule has 1 N–H and O–H groups in total. The van der Waals surface area contributed by atoms with E-state index in [9.17, 15) is 0 Å². The Bertz CT molecular complexity index is 297. The SMILES string of the molecule is CCNCc1ccc(CSC2COC2)o1. The van der Waals surface area contributed by atoms with Gasteiger partial charge in [0.15, 0.2) is 0 Å². The minimum Gasteiger partial charge on any atom is -0.464 e. The zero-order chi connectivity index (χ0) is 10.5. The van der Waals surface area contributed by atoms with Crippen LogP contribution in [0, 0.1) is 0 Å². The first kappa shape index (κ1) is 11.0. The highest BCUT2D eigenvalue weighted by atomic mass is 32.2. The zero-order valence-electron chi connectivity index (χ0n) is 8.99. The number of ether oxygens (including phenoxy) is 1. The van der Waals surface area contributed by atoms with E-state index < -0.39 is 0 Å². The van der Waals surface area contributed by atoms with Crippen LogP contribution in [0.1, 0.15) is 18.4 Å². The molecule has 1 aromatic rings. The Morgan fingerprint density at radius 1 is 1.40 bits per heavy atom. The van der Waals surface area contributed by atoms with E-state index in [0.29, 0.717) is 5.25 Å². The second-order valence-electron chi connectivity index (χ2n) is 3.62. The monoisotopic (exact) mass is 227 g/mol. The van der Waals surface area contributed by atoms with Crippen molar-refractivity contribution < 1.29 is 9.15 Å². The molecule has 0 atom stereocenters. The minimum absolute atomic E-state index is 0.673. The number of furan rings is 1. The van der Waals surface area contributed by atoms with Crippen molar-refractivity contribution in [2.24, 2.45) is 0 Å². The molecule has 0 radical (unpaired) electrons. The van der Waals surface area contributed by atoms with Crippen molar-refractivity contribution in [2.75, 3.05) is 19.8 Å². The van der Waals surface area contributed by atoms with Gasteiger partial charge in [0.2, 0.25) is 0 Å². The number of hydrogen-bond donors (Lipinski definition) is 1. The lowest BCUT2D eigenvalue weighted by atomic mass is 10.4. The van der Waals surface area contributed by atoms with Gasteiger partial charge < -0.3 is 14.5 Å². The maximum atomic E-state index is 5.68. The Kier molecular flexibility index (Phi) is 4.11. The van der Waals surface area contributed by atoms with Crippen molar-refractivity contribution in [3.05, 3.63) is 23.7 Å². The van der Waals surface area contributed by atoms with Gasteiger partial charge in [-0.15, -0.1) is 11.8 Å². The van der Waals surface area contributed by atoms with Crippen molar-refractivity contribution in [1.82, 2.24) is 5.32 Å². The van der Waals surface area contributed by atoms with E-state index in [1.807, 2.05) is 11.8 Å². The molecule has 4 heteroatoms. The Morgan fingerprint density at radius 2 is 2.20 bits per heavy atom. The second kappa shape index (κ2) is 5.58. The lowest BCUT2D eigenvalue weighted by Gasteiger charge is -2.24. The Morgan fingerprint density at radius 3 is 2.87 bits per heavy atom. The summed E-state index contributed by atoms with van der Waals surface area (Å²) in [4.78, 5) is 0. The van der Waals surface area contributed by atoms with Crippen LogP contribution in [0.2, 0.25) is 0 Å². The molecule has 0 amide bonds. The molecular formula is C11H17NO2S. The Balaban J connectivity index is 1.73. The number of nitrogens with one attached hydrogen (secondary N) is 1. The van der Waals surface area contributed by atoms with Gasteiger partial charge in [-0.1, -0.05) is 6.92 Å². The molecule has 15 heavy (non-hydrogen) atoms. The summed E-state index contributed by atoms with van der Waals surface area (Å²) in [7, 11) is 0. The summed E-state index contributed by atoms with van der Waals surface area (Å²) < 4.78 is 10.8. The van der Waals surface area contributed by atoms with Crippen molar-refractivity contribution in [3.63, 3.8) is 0 Å². The molecule has 1 aromatic heterocycles. The number of rotatable bonds is 6. The first-order valence-electron chi connectivity index (χ1n) is 5.36. The molecular weight excluding hydrogens is 210 g/mol. The molecule has 0 bridgehead atoms. The van der Waals surface area contributed by atoms with Gasteiger partial charge in [-0.3, -0.25) is 0 Å². The number of hydrogen-bond acceptors (Lipinski definition) is 4. The van der Waals surface area contributed by atoms with Gasteiger partial charge in [0, 0.05) is 0 Å². The maximum absolute atomic E-state index is 5.68. The Hall–Kier alpha value is -0.450. The molecule has 0 aromatic carbocycles.